The van der Waals surface area contributed by atoms with Crippen LogP contribution in [0.25, 0.3) is 0 Å². The van der Waals surface area contributed by atoms with Gasteiger partial charge in [-0.1, -0.05) is 19.3 Å². The normalized spacial score (nSPS) is 16.9. The van der Waals surface area contributed by atoms with Crippen molar-refractivity contribution in [2.75, 3.05) is 28.8 Å². The Kier molecular flexibility index (Phi) is 5.97. The van der Waals surface area contributed by atoms with E-state index in [1.165, 1.54) is 31.4 Å². The number of amides is 1. The number of carbonyl (C=O) groups is 2. The molecule has 0 unspecified atom stereocenters. The molecular formula is C21H25N5O4. The van der Waals surface area contributed by atoms with Gasteiger partial charge in [0.1, 0.15) is 11.4 Å². The zero-order valence-electron chi connectivity index (χ0n) is 16.6. The molecule has 0 saturated heterocycles. The van der Waals surface area contributed by atoms with Gasteiger partial charge < -0.3 is 25.4 Å². The molecule has 1 aliphatic carbocycles. The largest absolute Gasteiger partial charge is 0.478 e. The molecule has 1 fully saturated rings. The fourth-order valence-corrected chi connectivity index (χ4v) is 3.93. The maximum absolute atomic E-state index is 12.1. The summed E-state index contributed by atoms with van der Waals surface area (Å²) in [6.07, 6.45) is 7.93. The molecule has 0 spiro atoms. The quantitative estimate of drug-likeness (QED) is 0.621. The maximum atomic E-state index is 12.1. The van der Waals surface area contributed by atoms with Crippen molar-refractivity contribution in [1.82, 2.24) is 9.97 Å². The predicted molar refractivity (Wildman–Crippen MR) is 112 cm³/mol. The Hall–Kier alpha value is -3.36. The van der Waals surface area contributed by atoms with Crippen LogP contribution in [0, 0.1) is 0 Å². The van der Waals surface area contributed by atoms with Crippen LogP contribution in [0.3, 0.4) is 0 Å². The lowest BCUT2D eigenvalue weighted by Gasteiger charge is -2.34. The number of ether oxygens (including phenoxy) is 1. The summed E-state index contributed by atoms with van der Waals surface area (Å²) in [5.74, 6) is 0.696. The number of benzene rings is 1. The molecule has 0 atom stereocenters. The molecule has 1 amide bonds. The highest BCUT2D eigenvalue weighted by Crippen LogP contribution is 2.33. The Balaban J connectivity index is 1.45. The van der Waals surface area contributed by atoms with Gasteiger partial charge in [0.25, 0.3) is 0 Å². The van der Waals surface area contributed by atoms with Crippen LogP contribution in [-0.4, -0.2) is 46.3 Å². The van der Waals surface area contributed by atoms with Crippen molar-refractivity contribution in [3.05, 3.63) is 36.0 Å². The fraction of sp³-hybridized carbons (Fsp3) is 0.429. The van der Waals surface area contributed by atoms with Crippen molar-refractivity contribution in [3.8, 4) is 5.75 Å². The number of fused-ring (bicyclic) bond motifs is 1. The van der Waals surface area contributed by atoms with Gasteiger partial charge in [-0.05, 0) is 37.1 Å². The first-order valence-electron chi connectivity index (χ1n) is 10.2. The Morgan fingerprint density at radius 1 is 1.23 bits per heavy atom. The minimum absolute atomic E-state index is 0.0213. The third-order valence-electron chi connectivity index (χ3n) is 5.48. The molecule has 1 aromatic carbocycles. The summed E-state index contributed by atoms with van der Waals surface area (Å²) < 4.78 is 5.61. The summed E-state index contributed by atoms with van der Waals surface area (Å²) in [4.78, 5) is 34.2. The van der Waals surface area contributed by atoms with Crippen LogP contribution in [0.4, 0.5) is 17.5 Å². The lowest BCUT2D eigenvalue weighted by molar-refractivity contribution is -0.116. The fourth-order valence-electron chi connectivity index (χ4n) is 3.93. The van der Waals surface area contributed by atoms with E-state index < -0.39 is 5.97 Å². The average molecular weight is 411 g/mol. The predicted octanol–water partition coefficient (Wildman–Crippen LogP) is 3.10. The molecule has 1 saturated carbocycles. The number of hydrogen-bond acceptors (Lipinski definition) is 7. The van der Waals surface area contributed by atoms with E-state index in [1.54, 1.807) is 18.3 Å². The van der Waals surface area contributed by atoms with Gasteiger partial charge >= 0.3 is 5.97 Å². The number of nitrogens with zero attached hydrogens (tertiary/aromatic N) is 3. The monoisotopic (exact) mass is 411 g/mol. The van der Waals surface area contributed by atoms with Gasteiger partial charge in [0.2, 0.25) is 11.9 Å². The van der Waals surface area contributed by atoms with E-state index in [-0.39, 0.29) is 18.2 Å². The number of aromatic nitrogens is 2. The zero-order valence-corrected chi connectivity index (χ0v) is 16.6. The van der Waals surface area contributed by atoms with E-state index in [0.29, 0.717) is 36.4 Å². The number of rotatable bonds is 6. The Labute approximate surface area is 174 Å². The molecule has 1 aromatic heterocycles. The molecule has 158 valence electrons. The summed E-state index contributed by atoms with van der Waals surface area (Å²) in [7, 11) is 0. The molecule has 30 heavy (non-hydrogen) atoms. The highest BCUT2D eigenvalue weighted by Gasteiger charge is 2.28. The molecule has 2 heterocycles. The molecular weight excluding hydrogens is 386 g/mol. The van der Waals surface area contributed by atoms with E-state index in [0.717, 1.165) is 18.7 Å². The number of carbonyl (C=O) groups excluding carboxylic acids is 1. The molecule has 9 nitrogen and oxygen atoms in total. The van der Waals surface area contributed by atoms with Crippen molar-refractivity contribution in [1.29, 1.82) is 0 Å². The number of carboxylic acids is 1. The topological polar surface area (TPSA) is 117 Å². The minimum Gasteiger partial charge on any atom is -0.478 e. The summed E-state index contributed by atoms with van der Waals surface area (Å²) >= 11 is 0. The van der Waals surface area contributed by atoms with Crippen molar-refractivity contribution in [2.24, 2.45) is 0 Å². The minimum atomic E-state index is -0.979. The van der Waals surface area contributed by atoms with Gasteiger partial charge in [0.05, 0.1) is 11.8 Å². The van der Waals surface area contributed by atoms with E-state index in [9.17, 15) is 9.59 Å². The average Bonchev–Trinajstić information content (AvgIpc) is 2.92. The standard InChI is InChI=1S/C21H25N5O4/c27-18-10-11-26(15-4-2-1-3-5-15)19-17(24-18)12-22-21(25-19)23-13-30-16-8-6-14(7-9-16)20(28)29/h6-9,12,15H,1-5,10-11,13H2,(H,24,27)(H,28,29)(H,22,23,25). The zero-order chi connectivity index (χ0) is 20.9. The van der Waals surface area contributed by atoms with Crippen molar-refractivity contribution < 1.29 is 19.4 Å². The Morgan fingerprint density at radius 2 is 2.00 bits per heavy atom. The van der Waals surface area contributed by atoms with Crippen molar-refractivity contribution >= 4 is 29.3 Å². The van der Waals surface area contributed by atoms with Crippen LogP contribution in [0.5, 0.6) is 5.75 Å². The number of aromatic carboxylic acids is 1. The maximum Gasteiger partial charge on any atom is 0.335 e. The Bertz CT molecular complexity index is 912. The second kappa shape index (κ2) is 8.98. The molecule has 1 aliphatic heterocycles. The van der Waals surface area contributed by atoms with Crippen LogP contribution < -0.4 is 20.3 Å². The second-order valence-electron chi connectivity index (χ2n) is 7.51. The van der Waals surface area contributed by atoms with E-state index in [2.05, 4.69) is 25.5 Å². The number of hydrogen-bond donors (Lipinski definition) is 3. The van der Waals surface area contributed by atoms with Crippen LogP contribution in [0.1, 0.15) is 48.9 Å². The first-order valence-corrected chi connectivity index (χ1v) is 10.2. The van der Waals surface area contributed by atoms with Gasteiger partial charge in [0.15, 0.2) is 12.5 Å². The second-order valence-corrected chi connectivity index (χ2v) is 7.51. The summed E-state index contributed by atoms with van der Waals surface area (Å²) in [5, 5.41) is 14.9. The van der Waals surface area contributed by atoms with Crippen LogP contribution >= 0.6 is 0 Å². The molecule has 0 bridgehead atoms. The molecule has 4 rings (SSSR count). The highest BCUT2D eigenvalue weighted by atomic mass is 16.5. The first-order chi connectivity index (χ1) is 14.6. The SMILES string of the molecule is O=C1CCN(C2CCCCC2)c2nc(NCOc3ccc(C(=O)O)cc3)ncc2N1. The van der Waals surface area contributed by atoms with Gasteiger partial charge in [-0.2, -0.15) is 4.98 Å². The molecule has 0 radical (unpaired) electrons. The number of nitrogens with one attached hydrogen (secondary N) is 2. The third kappa shape index (κ3) is 4.61. The summed E-state index contributed by atoms with van der Waals surface area (Å²) in [5.41, 5.74) is 0.841. The number of anilines is 3. The van der Waals surface area contributed by atoms with Gasteiger partial charge in [0, 0.05) is 19.0 Å². The van der Waals surface area contributed by atoms with Gasteiger partial charge in [-0.25, -0.2) is 9.78 Å². The smallest absolute Gasteiger partial charge is 0.335 e. The van der Waals surface area contributed by atoms with Crippen LogP contribution in [0.2, 0.25) is 0 Å². The lowest BCUT2D eigenvalue weighted by Crippen LogP contribution is -2.38. The van der Waals surface area contributed by atoms with E-state index in [4.69, 9.17) is 9.84 Å². The number of carboxylic acid groups (broad SMARTS) is 1. The van der Waals surface area contributed by atoms with Gasteiger partial charge in [-0.3, -0.25) is 4.79 Å². The van der Waals surface area contributed by atoms with Crippen molar-refractivity contribution in [3.63, 3.8) is 0 Å². The summed E-state index contributed by atoms with van der Waals surface area (Å²) in [6.45, 7) is 0.771. The van der Waals surface area contributed by atoms with Gasteiger partial charge in [-0.15, -0.1) is 0 Å². The van der Waals surface area contributed by atoms with Crippen LogP contribution in [0.15, 0.2) is 30.5 Å². The van der Waals surface area contributed by atoms with E-state index >= 15 is 0 Å². The molecule has 3 N–H and O–H groups in total. The van der Waals surface area contributed by atoms with Crippen LogP contribution in [-0.2, 0) is 4.79 Å². The van der Waals surface area contributed by atoms with Crippen molar-refractivity contribution in [2.45, 2.75) is 44.6 Å². The molecule has 2 aromatic rings. The lowest BCUT2D eigenvalue weighted by atomic mass is 9.94. The Morgan fingerprint density at radius 3 is 2.73 bits per heavy atom. The molecule has 2 aliphatic rings. The van der Waals surface area contributed by atoms with E-state index in [1.807, 2.05) is 0 Å². The first kappa shape index (κ1) is 19.9. The highest BCUT2D eigenvalue weighted by molar-refractivity contribution is 5.95. The molecule has 9 heteroatoms. The summed E-state index contributed by atoms with van der Waals surface area (Å²) in [6, 6.07) is 6.56. The third-order valence-corrected chi connectivity index (χ3v) is 5.48.